The molecule has 1 N–H and O–H groups in total. The molecule has 0 aromatic heterocycles. The number of nitrogens with one attached hydrogen (secondary N) is 1. The van der Waals surface area contributed by atoms with Crippen LogP contribution in [0.5, 0.6) is 0 Å². The average Bonchev–Trinajstić information content (AvgIpc) is 2.16. The molecule has 0 atom stereocenters. The van der Waals surface area contributed by atoms with Crippen LogP contribution in [0.4, 0.5) is 4.79 Å². The second-order valence-corrected chi connectivity index (χ2v) is 3.83. The molecule has 0 aliphatic carbocycles. The minimum absolute atomic E-state index is 0.0141. The average molecular weight is 230 g/mol. The minimum atomic E-state index is -0.366. The van der Waals surface area contributed by atoms with Crippen molar-refractivity contribution in [2.75, 3.05) is 19.7 Å². The molecule has 0 heterocycles. The zero-order valence-corrected chi connectivity index (χ0v) is 10.6. The molecule has 94 valence electrons. The van der Waals surface area contributed by atoms with Crippen molar-refractivity contribution in [3.8, 4) is 0 Å². The summed E-state index contributed by atoms with van der Waals surface area (Å²) in [7, 11) is 0. The van der Waals surface area contributed by atoms with Crippen molar-refractivity contribution in [3.63, 3.8) is 0 Å². The van der Waals surface area contributed by atoms with Gasteiger partial charge in [-0.2, -0.15) is 0 Å². The summed E-state index contributed by atoms with van der Waals surface area (Å²) in [6.07, 6.45) is 0.810. The molecular weight excluding hydrogens is 208 g/mol. The number of carbonyl (C=O) groups excluding carboxylic acids is 2. The largest absolute Gasteiger partial charge is 0.465 e. The van der Waals surface area contributed by atoms with Crippen molar-refractivity contribution in [1.82, 2.24) is 10.2 Å². The van der Waals surface area contributed by atoms with Crippen molar-refractivity contribution in [2.24, 2.45) is 0 Å². The molecule has 0 fully saturated rings. The fraction of sp³-hybridized carbons (Fsp3) is 0.818. The highest BCUT2D eigenvalue weighted by Crippen LogP contribution is 1.95. The van der Waals surface area contributed by atoms with Gasteiger partial charge in [0.05, 0.1) is 6.61 Å². The Morgan fingerprint density at radius 3 is 2.38 bits per heavy atom. The maximum absolute atomic E-state index is 11.7. The van der Waals surface area contributed by atoms with E-state index in [1.54, 1.807) is 6.92 Å². The van der Waals surface area contributed by atoms with Gasteiger partial charge in [0.25, 0.3) is 0 Å². The van der Waals surface area contributed by atoms with E-state index in [1.807, 2.05) is 20.8 Å². The molecule has 0 aromatic carbocycles. The van der Waals surface area contributed by atoms with Gasteiger partial charge in [-0.05, 0) is 27.2 Å². The van der Waals surface area contributed by atoms with Crippen LogP contribution in [0.25, 0.3) is 0 Å². The molecule has 16 heavy (non-hydrogen) atoms. The third kappa shape index (κ3) is 6.27. The quantitative estimate of drug-likeness (QED) is 0.701. The van der Waals surface area contributed by atoms with E-state index >= 15 is 0 Å². The number of amides is 2. The first-order chi connectivity index (χ1) is 7.51. The first-order valence-corrected chi connectivity index (χ1v) is 5.72. The van der Waals surface area contributed by atoms with E-state index in [1.165, 1.54) is 4.90 Å². The predicted molar refractivity (Wildman–Crippen MR) is 62.2 cm³/mol. The minimum Gasteiger partial charge on any atom is -0.465 e. The topological polar surface area (TPSA) is 58.6 Å². The van der Waals surface area contributed by atoms with Crippen LogP contribution in [0, 0.1) is 0 Å². The Balaban J connectivity index is 4.25. The lowest BCUT2D eigenvalue weighted by atomic mass is 10.4. The van der Waals surface area contributed by atoms with Crippen LogP contribution in [0.1, 0.15) is 34.1 Å². The van der Waals surface area contributed by atoms with Crippen LogP contribution >= 0.6 is 0 Å². The summed E-state index contributed by atoms with van der Waals surface area (Å²) < 4.78 is 4.81. The molecule has 0 aliphatic heterocycles. The van der Waals surface area contributed by atoms with Gasteiger partial charge in [0.15, 0.2) is 0 Å². The van der Waals surface area contributed by atoms with Crippen molar-refractivity contribution in [3.05, 3.63) is 0 Å². The summed E-state index contributed by atoms with van der Waals surface area (Å²) in [5.41, 5.74) is 0. The molecular formula is C11H22N2O3. The van der Waals surface area contributed by atoms with Gasteiger partial charge in [0.2, 0.25) is 0 Å². The fourth-order valence-corrected chi connectivity index (χ4v) is 1.22. The molecule has 0 saturated carbocycles. The van der Waals surface area contributed by atoms with E-state index in [-0.39, 0.29) is 24.6 Å². The summed E-state index contributed by atoms with van der Waals surface area (Å²) in [6, 6.07) is -0.154. The molecule has 0 aromatic rings. The monoisotopic (exact) mass is 230 g/mol. The van der Waals surface area contributed by atoms with E-state index < -0.39 is 0 Å². The second-order valence-electron chi connectivity index (χ2n) is 3.83. The number of ether oxygens (including phenoxy) is 1. The number of nitrogens with zero attached hydrogens (tertiary/aromatic N) is 1. The van der Waals surface area contributed by atoms with E-state index in [0.717, 1.165) is 6.42 Å². The van der Waals surface area contributed by atoms with Gasteiger partial charge in [0.1, 0.15) is 6.54 Å². The fourth-order valence-electron chi connectivity index (χ4n) is 1.22. The van der Waals surface area contributed by atoms with Gasteiger partial charge >= 0.3 is 12.0 Å². The molecule has 2 amide bonds. The second kappa shape index (κ2) is 7.96. The van der Waals surface area contributed by atoms with Crippen molar-refractivity contribution in [1.29, 1.82) is 0 Å². The Hall–Kier alpha value is -1.26. The van der Waals surface area contributed by atoms with Crippen molar-refractivity contribution in [2.45, 2.75) is 40.2 Å². The van der Waals surface area contributed by atoms with Crippen LogP contribution in [0.3, 0.4) is 0 Å². The molecule has 5 nitrogen and oxygen atoms in total. The number of rotatable bonds is 6. The highest BCUT2D eigenvalue weighted by Gasteiger charge is 2.17. The van der Waals surface area contributed by atoms with Crippen LogP contribution in [0.15, 0.2) is 0 Å². The first kappa shape index (κ1) is 14.7. The van der Waals surface area contributed by atoms with Gasteiger partial charge in [-0.15, -0.1) is 0 Å². The summed E-state index contributed by atoms with van der Waals surface area (Å²) in [4.78, 5) is 24.4. The number of carbonyl (C=O) groups is 2. The van der Waals surface area contributed by atoms with Crippen molar-refractivity contribution >= 4 is 12.0 Å². The Morgan fingerprint density at radius 1 is 1.31 bits per heavy atom. The molecule has 0 saturated heterocycles. The van der Waals surface area contributed by atoms with Crippen LogP contribution in [-0.4, -0.2) is 42.6 Å². The first-order valence-electron chi connectivity index (χ1n) is 5.72. The van der Waals surface area contributed by atoms with Gasteiger partial charge in [-0.1, -0.05) is 6.92 Å². The summed E-state index contributed by atoms with van der Waals surface area (Å²) in [6.45, 7) is 8.37. The Bertz CT molecular complexity index is 229. The third-order valence-electron chi connectivity index (χ3n) is 1.82. The van der Waals surface area contributed by atoms with E-state index in [0.29, 0.717) is 13.2 Å². The Kier molecular flexibility index (Phi) is 7.33. The van der Waals surface area contributed by atoms with Crippen molar-refractivity contribution < 1.29 is 14.3 Å². The SMILES string of the molecule is CCCN(CC(=O)OCC)C(=O)NC(C)C. The lowest BCUT2D eigenvalue weighted by molar-refractivity contribution is -0.143. The maximum Gasteiger partial charge on any atom is 0.325 e. The Morgan fingerprint density at radius 2 is 1.94 bits per heavy atom. The molecule has 0 rings (SSSR count). The molecule has 5 heteroatoms. The molecule has 0 aliphatic rings. The highest BCUT2D eigenvalue weighted by molar-refractivity contribution is 5.81. The zero-order chi connectivity index (χ0) is 12.6. The lowest BCUT2D eigenvalue weighted by Crippen LogP contribution is -2.45. The van der Waals surface area contributed by atoms with Crippen LogP contribution in [0.2, 0.25) is 0 Å². The lowest BCUT2D eigenvalue weighted by Gasteiger charge is -2.22. The smallest absolute Gasteiger partial charge is 0.325 e. The molecule has 0 unspecified atom stereocenters. The van der Waals surface area contributed by atoms with Gasteiger partial charge in [0, 0.05) is 12.6 Å². The van der Waals surface area contributed by atoms with Crippen LogP contribution < -0.4 is 5.32 Å². The number of hydrogen-bond acceptors (Lipinski definition) is 3. The van der Waals surface area contributed by atoms with Gasteiger partial charge in [-0.25, -0.2) is 4.79 Å². The number of esters is 1. The molecule has 0 bridgehead atoms. The molecule has 0 radical (unpaired) electrons. The Labute approximate surface area is 97.1 Å². The standard InChI is InChI=1S/C11H22N2O3/c1-5-7-13(8-10(14)16-6-2)11(15)12-9(3)4/h9H,5-8H2,1-4H3,(H,12,15). The zero-order valence-electron chi connectivity index (χ0n) is 10.6. The van der Waals surface area contributed by atoms with E-state index in [4.69, 9.17) is 4.74 Å². The number of hydrogen-bond donors (Lipinski definition) is 1. The van der Waals surface area contributed by atoms with Gasteiger partial charge in [-0.3, -0.25) is 4.79 Å². The highest BCUT2D eigenvalue weighted by atomic mass is 16.5. The van der Waals surface area contributed by atoms with E-state index in [9.17, 15) is 9.59 Å². The third-order valence-corrected chi connectivity index (χ3v) is 1.82. The molecule has 0 spiro atoms. The summed E-state index contributed by atoms with van der Waals surface area (Å²) >= 11 is 0. The van der Waals surface area contributed by atoms with Crippen LogP contribution in [-0.2, 0) is 9.53 Å². The number of urea groups is 1. The summed E-state index contributed by atoms with van der Waals surface area (Å²) in [5.74, 6) is -0.366. The maximum atomic E-state index is 11.7. The van der Waals surface area contributed by atoms with E-state index in [2.05, 4.69) is 5.32 Å². The summed E-state index contributed by atoms with van der Waals surface area (Å²) in [5, 5.41) is 2.75. The van der Waals surface area contributed by atoms with Gasteiger partial charge < -0.3 is 15.0 Å². The predicted octanol–water partition coefficient (Wildman–Crippen LogP) is 1.38. The normalized spacial score (nSPS) is 10.1.